The molecule has 8 nitrogen and oxygen atoms in total. The number of carbonyl (C=O) groups excluding carboxylic acids is 1. The van der Waals surface area contributed by atoms with Crippen LogP contribution in [0.15, 0.2) is 59.0 Å². The average molecular weight is 440 g/mol. The molecular formula is C22H25N5O3S. The Morgan fingerprint density at radius 3 is 2.42 bits per heavy atom. The molecule has 31 heavy (non-hydrogen) atoms. The van der Waals surface area contributed by atoms with Crippen LogP contribution in [0.25, 0.3) is 0 Å². The van der Waals surface area contributed by atoms with Crippen LogP contribution < -0.4 is 14.9 Å². The zero-order valence-corrected chi connectivity index (χ0v) is 18.8. The number of benzene rings is 2. The second-order valence-electron chi connectivity index (χ2n) is 6.63. The van der Waals surface area contributed by atoms with Crippen molar-refractivity contribution in [3.05, 3.63) is 65.5 Å². The third-order valence-corrected chi connectivity index (χ3v) is 5.70. The van der Waals surface area contributed by atoms with Gasteiger partial charge in [0.15, 0.2) is 16.7 Å². The fraction of sp³-hybridized carbons (Fsp3) is 0.273. The Hall–Kier alpha value is -3.33. The summed E-state index contributed by atoms with van der Waals surface area (Å²) in [6.07, 6.45) is 2.32. The highest BCUT2D eigenvalue weighted by molar-refractivity contribution is 7.98. The highest BCUT2D eigenvalue weighted by Gasteiger charge is 2.10. The highest BCUT2D eigenvalue weighted by atomic mass is 32.2. The van der Waals surface area contributed by atoms with E-state index in [0.717, 1.165) is 27.7 Å². The zero-order chi connectivity index (χ0) is 22.2. The van der Waals surface area contributed by atoms with E-state index >= 15 is 0 Å². The number of rotatable bonds is 9. The van der Waals surface area contributed by atoms with E-state index in [9.17, 15) is 4.79 Å². The Balaban J connectivity index is 1.64. The van der Waals surface area contributed by atoms with Gasteiger partial charge in [0.2, 0.25) is 0 Å². The number of hydrazone groups is 1. The minimum Gasteiger partial charge on any atom is -0.493 e. The first-order valence-electron chi connectivity index (χ1n) is 9.70. The number of carbonyl (C=O) groups is 1. The summed E-state index contributed by atoms with van der Waals surface area (Å²) in [7, 11) is 5.08. The molecule has 162 valence electrons. The summed E-state index contributed by atoms with van der Waals surface area (Å²) in [5, 5.41) is 13.1. The zero-order valence-electron chi connectivity index (χ0n) is 18.0. The normalized spacial score (nSPS) is 11.3. The smallest absolute Gasteiger partial charge is 0.271 e. The standard InChI is InChI=1S/C22H25N5O3S/c1-5-18(17-10-11-19(29-3)20(12-17)30-4)24-25-21(28)16-8-6-15(7-9-16)13-31-22-26-23-14-27(22)2/h6-12,14H,5,13H2,1-4H3,(H,25,28)/b24-18-. The van der Waals surface area contributed by atoms with Crippen molar-refractivity contribution in [3.8, 4) is 11.5 Å². The highest BCUT2D eigenvalue weighted by Crippen LogP contribution is 2.28. The maximum atomic E-state index is 12.5. The predicted octanol–water partition coefficient (Wildman–Crippen LogP) is 3.67. The van der Waals surface area contributed by atoms with E-state index in [1.165, 1.54) is 0 Å². The molecule has 1 N–H and O–H groups in total. The molecule has 9 heteroatoms. The molecule has 3 rings (SSSR count). The van der Waals surface area contributed by atoms with Crippen LogP contribution in [-0.2, 0) is 12.8 Å². The van der Waals surface area contributed by atoms with Crippen molar-refractivity contribution in [3.63, 3.8) is 0 Å². The number of thioether (sulfide) groups is 1. The summed E-state index contributed by atoms with van der Waals surface area (Å²) >= 11 is 1.59. The number of hydrogen-bond acceptors (Lipinski definition) is 7. The fourth-order valence-corrected chi connectivity index (χ4v) is 3.69. The lowest BCUT2D eigenvalue weighted by Crippen LogP contribution is -2.20. The Morgan fingerprint density at radius 2 is 1.81 bits per heavy atom. The van der Waals surface area contributed by atoms with E-state index in [0.29, 0.717) is 23.5 Å². The van der Waals surface area contributed by atoms with Gasteiger partial charge < -0.3 is 14.0 Å². The molecule has 1 amide bonds. The third-order valence-electron chi connectivity index (χ3n) is 4.60. The van der Waals surface area contributed by atoms with Crippen molar-refractivity contribution in [2.24, 2.45) is 12.1 Å². The van der Waals surface area contributed by atoms with Gasteiger partial charge >= 0.3 is 0 Å². The number of nitrogens with one attached hydrogen (secondary N) is 1. The van der Waals surface area contributed by atoms with Gasteiger partial charge in [0.1, 0.15) is 6.33 Å². The number of hydrogen-bond donors (Lipinski definition) is 1. The molecule has 1 aromatic heterocycles. The minimum absolute atomic E-state index is 0.265. The molecule has 2 aromatic carbocycles. The molecule has 0 unspecified atom stereocenters. The largest absolute Gasteiger partial charge is 0.493 e. The molecule has 0 saturated carbocycles. The van der Waals surface area contributed by atoms with Gasteiger partial charge in [0, 0.05) is 23.9 Å². The van der Waals surface area contributed by atoms with E-state index < -0.39 is 0 Å². The van der Waals surface area contributed by atoms with Crippen LogP contribution in [0.2, 0.25) is 0 Å². The average Bonchev–Trinajstić information content (AvgIpc) is 3.22. The lowest BCUT2D eigenvalue weighted by Gasteiger charge is -2.11. The second kappa shape index (κ2) is 10.6. The van der Waals surface area contributed by atoms with Crippen LogP contribution >= 0.6 is 11.8 Å². The molecule has 0 aliphatic heterocycles. The summed E-state index contributed by atoms with van der Waals surface area (Å²) in [4.78, 5) is 12.5. The fourth-order valence-electron chi connectivity index (χ4n) is 2.85. The topological polar surface area (TPSA) is 90.6 Å². The lowest BCUT2D eigenvalue weighted by molar-refractivity contribution is 0.0955. The molecule has 3 aromatic rings. The van der Waals surface area contributed by atoms with Crippen LogP contribution in [0.3, 0.4) is 0 Å². The number of aryl methyl sites for hydroxylation is 1. The van der Waals surface area contributed by atoms with Crippen molar-refractivity contribution in [2.45, 2.75) is 24.3 Å². The number of amides is 1. The number of nitrogens with zero attached hydrogens (tertiary/aromatic N) is 4. The van der Waals surface area contributed by atoms with Gasteiger partial charge in [-0.25, -0.2) is 5.43 Å². The van der Waals surface area contributed by atoms with Crippen molar-refractivity contribution in [2.75, 3.05) is 14.2 Å². The first-order chi connectivity index (χ1) is 15.0. The molecule has 0 aliphatic rings. The van der Waals surface area contributed by atoms with Crippen LogP contribution in [-0.4, -0.2) is 40.6 Å². The molecule has 0 aliphatic carbocycles. The van der Waals surface area contributed by atoms with Gasteiger partial charge in [-0.3, -0.25) is 4.79 Å². The molecule has 1 heterocycles. The second-order valence-corrected chi connectivity index (χ2v) is 7.58. The molecular weight excluding hydrogens is 414 g/mol. The summed E-state index contributed by atoms with van der Waals surface area (Å²) in [6, 6.07) is 13.0. The molecule has 0 fully saturated rings. The van der Waals surface area contributed by atoms with Crippen molar-refractivity contribution in [1.29, 1.82) is 0 Å². The van der Waals surface area contributed by atoms with Gasteiger partial charge in [0.05, 0.1) is 19.9 Å². The van der Waals surface area contributed by atoms with Gasteiger partial charge in [0.25, 0.3) is 5.91 Å². The monoisotopic (exact) mass is 439 g/mol. The first kappa shape index (κ1) is 22.4. The molecule has 0 radical (unpaired) electrons. The maximum Gasteiger partial charge on any atom is 0.271 e. The van der Waals surface area contributed by atoms with E-state index in [1.54, 1.807) is 44.4 Å². The van der Waals surface area contributed by atoms with Crippen molar-refractivity contribution >= 4 is 23.4 Å². The van der Waals surface area contributed by atoms with Crippen LogP contribution in [0.4, 0.5) is 0 Å². The first-order valence-corrected chi connectivity index (χ1v) is 10.7. The van der Waals surface area contributed by atoms with Gasteiger partial charge in [-0.05, 0) is 42.3 Å². The SMILES string of the molecule is CC/C(=N/NC(=O)c1ccc(CSc2nncn2C)cc1)c1ccc(OC)c(OC)c1. The molecule has 0 bridgehead atoms. The third kappa shape index (κ3) is 5.64. The van der Waals surface area contributed by atoms with Gasteiger partial charge in [-0.15, -0.1) is 10.2 Å². The minimum atomic E-state index is -0.265. The molecule has 0 atom stereocenters. The summed E-state index contributed by atoms with van der Waals surface area (Å²) < 4.78 is 12.5. The predicted molar refractivity (Wildman–Crippen MR) is 121 cm³/mol. The van der Waals surface area contributed by atoms with E-state index in [2.05, 4.69) is 20.7 Å². The van der Waals surface area contributed by atoms with Gasteiger partial charge in [-0.2, -0.15) is 5.10 Å². The van der Waals surface area contributed by atoms with Crippen LogP contribution in [0, 0.1) is 0 Å². The van der Waals surface area contributed by atoms with E-state index in [1.807, 2.05) is 48.9 Å². The van der Waals surface area contributed by atoms with E-state index in [-0.39, 0.29) is 5.91 Å². The van der Waals surface area contributed by atoms with Crippen LogP contribution in [0.5, 0.6) is 11.5 Å². The van der Waals surface area contributed by atoms with Crippen LogP contribution in [0.1, 0.15) is 34.8 Å². The summed E-state index contributed by atoms with van der Waals surface area (Å²) in [6.45, 7) is 1.98. The van der Waals surface area contributed by atoms with Crippen molar-refractivity contribution < 1.29 is 14.3 Å². The molecule has 0 saturated heterocycles. The number of ether oxygens (including phenoxy) is 2. The summed E-state index contributed by atoms with van der Waals surface area (Å²) in [5.74, 6) is 1.73. The Kier molecular flexibility index (Phi) is 7.66. The van der Waals surface area contributed by atoms with E-state index in [4.69, 9.17) is 9.47 Å². The van der Waals surface area contributed by atoms with Crippen molar-refractivity contribution in [1.82, 2.24) is 20.2 Å². The quantitative estimate of drug-likeness (QED) is 0.311. The number of methoxy groups -OCH3 is 2. The van der Waals surface area contributed by atoms with Gasteiger partial charge in [-0.1, -0.05) is 30.8 Å². The Morgan fingerprint density at radius 1 is 1.10 bits per heavy atom. The maximum absolute atomic E-state index is 12.5. The number of aromatic nitrogens is 3. The lowest BCUT2D eigenvalue weighted by atomic mass is 10.1. The Bertz CT molecular complexity index is 1060. The Labute approximate surface area is 185 Å². The summed E-state index contributed by atoms with van der Waals surface area (Å²) in [5.41, 5.74) is 5.88. The molecule has 0 spiro atoms.